The average molecular weight is 312 g/mol. The van der Waals surface area contributed by atoms with Crippen LogP contribution in [0.4, 0.5) is 11.4 Å². The van der Waals surface area contributed by atoms with Crippen molar-refractivity contribution in [1.29, 1.82) is 0 Å². The Hall–Kier alpha value is -2.04. The maximum absolute atomic E-state index is 5.20. The molecule has 2 N–H and O–H groups in total. The van der Waals surface area contributed by atoms with Crippen LogP contribution in [0.3, 0.4) is 0 Å². The smallest absolute Gasteiger partial charge is 0.0981 e. The Morgan fingerprint density at radius 2 is 1.52 bits per heavy atom. The number of ether oxygens (including phenoxy) is 2. The van der Waals surface area contributed by atoms with E-state index in [1.54, 1.807) is 7.11 Å². The van der Waals surface area contributed by atoms with Gasteiger partial charge >= 0.3 is 0 Å². The minimum atomic E-state index is 0.408. The molecule has 1 saturated heterocycles. The van der Waals surface area contributed by atoms with Crippen LogP contribution in [0.25, 0.3) is 0 Å². The van der Waals surface area contributed by atoms with Gasteiger partial charge in [-0.1, -0.05) is 24.3 Å². The zero-order valence-corrected chi connectivity index (χ0v) is 13.5. The molecule has 2 aromatic carbocycles. The van der Waals surface area contributed by atoms with E-state index < -0.39 is 0 Å². The van der Waals surface area contributed by atoms with Crippen molar-refractivity contribution in [3.63, 3.8) is 0 Å². The van der Waals surface area contributed by atoms with E-state index >= 15 is 0 Å². The predicted octanol–water partition coefficient (Wildman–Crippen LogP) is 3.15. The molecule has 1 atom stereocenters. The lowest BCUT2D eigenvalue weighted by atomic mass is 10.0. The highest BCUT2D eigenvalue weighted by atomic mass is 16.6. The molecule has 0 aliphatic carbocycles. The first kappa shape index (κ1) is 15.8. The Balaban J connectivity index is 1.49. The second-order valence-corrected chi connectivity index (χ2v) is 5.83. The minimum Gasteiger partial charge on any atom is -0.383 e. The molecule has 0 radical (unpaired) electrons. The van der Waals surface area contributed by atoms with Gasteiger partial charge in [0.15, 0.2) is 0 Å². The van der Waals surface area contributed by atoms with Crippen molar-refractivity contribution in [3.8, 4) is 0 Å². The van der Waals surface area contributed by atoms with Gasteiger partial charge in [-0.25, -0.2) is 0 Å². The number of benzene rings is 2. The SMILES string of the molecule is COCCNc1ccc(Cc2ccc(NCC3CO3)cc2)cc1. The molecule has 1 fully saturated rings. The summed E-state index contributed by atoms with van der Waals surface area (Å²) in [6.07, 6.45) is 1.36. The van der Waals surface area contributed by atoms with Gasteiger partial charge in [0.05, 0.1) is 19.3 Å². The zero-order valence-electron chi connectivity index (χ0n) is 13.5. The molecule has 1 unspecified atom stereocenters. The van der Waals surface area contributed by atoms with Crippen LogP contribution < -0.4 is 10.6 Å². The molecule has 0 saturated carbocycles. The Labute approximate surface area is 137 Å². The maximum Gasteiger partial charge on any atom is 0.0981 e. The highest BCUT2D eigenvalue weighted by molar-refractivity contribution is 5.47. The summed E-state index contributed by atoms with van der Waals surface area (Å²) in [4.78, 5) is 0. The molecular weight excluding hydrogens is 288 g/mol. The summed E-state index contributed by atoms with van der Waals surface area (Å²) in [6, 6.07) is 17.2. The van der Waals surface area contributed by atoms with Crippen LogP contribution in [0, 0.1) is 0 Å². The van der Waals surface area contributed by atoms with Crippen molar-refractivity contribution in [2.45, 2.75) is 12.5 Å². The van der Waals surface area contributed by atoms with Crippen molar-refractivity contribution in [3.05, 3.63) is 59.7 Å². The summed E-state index contributed by atoms with van der Waals surface area (Å²) < 4.78 is 10.2. The molecule has 4 heteroatoms. The van der Waals surface area contributed by atoms with E-state index in [0.29, 0.717) is 6.10 Å². The van der Waals surface area contributed by atoms with Crippen molar-refractivity contribution in [1.82, 2.24) is 0 Å². The number of hydrogen-bond donors (Lipinski definition) is 2. The lowest BCUT2D eigenvalue weighted by Gasteiger charge is -2.08. The number of nitrogens with one attached hydrogen (secondary N) is 2. The monoisotopic (exact) mass is 312 g/mol. The predicted molar refractivity (Wildman–Crippen MR) is 94.3 cm³/mol. The van der Waals surface area contributed by atoms with E-state index in [-0.39, 0.29) is 0 Å². The largest absolute Gasteiger partial charge is 0.383 e. The van der Waals surface area contributed by atoms with E-state index in [0.717, 1.165) is 44.1 Å². The van der Waals surface area contributed by atoms with Crippen LogP contribution in [0.1, 0.15) is 11.1 Å². The molecule has 0 aromatic heterocycles. The average Bonchev–Trinajstić information content (AvgIpc) is 3.40. The Kier molecular flexibility index (Phi) is 5.51. The van der Waals surface area contributed by atoms with E-state index in [1.807, 2.05) is 0 Å². The fourth-order valence-corrected chi connectivity index (χ4v) is 2.43. The van der Waals surface area contributed by atoms with E-state index in [1.165, 1.54) is 11.1 Å². The van der Waals surface area contributed by atoms with Gasteiger partial charge in [-0.15, -0.1) is 0 Å². The van der Waals surface area contributed by atoms with Crippen LogP contribution in [0.2, 0.25) is 0 Å². The fraction of sp³-hybridized carbons (Fsp3) is 0.368. The standard InChI is InChI=1S/C19H24N2O2/c1-22-11-10-20-17-6-2-15(3-7-17)12-16-4-8-18(9-5-16)21-13-19-14-23-19/h2-9,19-21H,10-14H2,1H3. The van der Waals surface area contributed by atoms with Crippen molar-refractivity contribution < 1.29 is 9.47 Å². The maximum atomic E-state index is 5.20. The molecule has 1 aliphatic heterocycles. The third-order valence-electron chi connectivity index (χ3n) is 3.89. The first-order valence-corrected chi connectivity index (χ1v) is 8.09. The van der Waals surface area contributed by atoms with Gasteiger partial charge in [0, 0.05) is 31.6 Å². The fourth-order valence-electron chi connectivity index (χ4n) is 2.43. The number of methoxy groups -OCH3 is 1. The molecule has 0 bridgehead atoms. The van der Waals surface area contributed by atoms with Crippen LogP contribution in [0.15, 0.2) is 48.5 Å². The Morgan fingerprint density at radius 1 is 0.957 bits per heavy atom. The number of anilines is 2. The van der Waals surface area contributed by atoms with E-state index in [9.17, 15) is 0 Å². The molecule has 1 heterocycles. The first-order valence-electron chi connectivity index (χ1n) is 8.09. The van der Waals surface area contributed by atoms with Crippen molar-refractivity contribution >= 4 is 11.4 Å². The summed E-state index contributed by atoms with van der Waals surface area (Å²) in [5.74, 6) is 0. The minimum absolute atomic E-state index is 0.408. The number of rotatable bonds is 9. The molecule has 122 valence electrons. The number of epoxide rings is 1. The summed E-state index contributed by atoms with van der Waals surface area (Å²) in [5.41, 5.74) is 4.92. The van der Waals surface area contributed by atoms with Crippen molar-refractivity contribution in [2.75, 3.05) is 44.0 Å². The van der Waals surface area contributed by atoms with Gasteiger partial charge in [0.25, 0.3) is 0 Å². The van der Waals surface area contributed by atoms with Crippen LogP contribution in [-0.2, 0) is 15.9 Å². The quantitative estimate of drug-likeness (QED) is 0.551. The molecule has 0 amide bonds. The van der Waals surface area contributed by atoms with Crippen LogP contribution >= 0.6 is 0 Å². The first-order chi connectivity index (χ1) is 11.3. The van der Waals surface area contributed by atoms with Gasteiger partial charge < -0.3 is 20.1 Å². The normalized spacial score (nSPS) is 16.1. The second-order valence-electron chi connectivity index (χ2n) is 5.83. The lowest BCUT2D eigenvalue weighted by molar-refractivity contribution is 0.211. The van der Waals surface area contributed by atoms with Gasteiger partial charge in [-0.2, -0.15) is 0 Å². The summed E-state index contributed by atoms with van der Waals surface area (Å²) >= 11 is 0. The summed E-state index contributed by atoms with van der Waals surface area (Å²) in [6.45, 7) is 3.34. The molecule has 23 heavy (non-hydrogen) atoms. The highest BCUT2D eigenvalue weighted by Gasteiger charge is 2.21. The van der Waals surface area contributed by atoms with E-state index in [2.05, 4.69) is 59.2 Å². The molecule has 3 rings (SSSR count). The lowest BCUT2D eigenvalue weighted by Crippen LogP contribution is -2.07. The highest BCUT2D eigenvalue weighted by Crippen LogP contribution is 2.17. The third kappa shape index (κ3) is 5.27. The molecule has 2 aromatic rings. The van der Waals surface area contributed by atoms with Crippen LogP contribution in [-0.4, -0.2) is 39.5 Å². The van der Waals surface area contributed by atoms with Crippen LogP contribution in [0.5, 0.6) is 0 Å². The zero-order chi connectivity index (χ0) is 15.9. The second kappa shape index (κ2) is 7.99. The van der Waals surface area contributed by atoms with Gasteiger partial charge in [0.1, 0.15) is 0 Å². The third-order valence-corrected chi connectivity index (χ3v) is 3.89. The molecular formula is C19H24N2O2. The Bertz CT molecular complexity index is 592. The molecule has 1 aliphatic rings. The van der Waals surface area contributed by atoms with Gasteiger partial charge in [-0.05, 0) is 41.8 Å². The number of hydrogen-bond acceptors (Lipinski definition) is 4. The summed E-state index contributed by atoms with van der Waals surface area (Å²) in [7, 11) is 1.71. The van der Waals surface area contributed by atoms with E-state index in [4.69, 9.17) is 9.47 Å². The van der Waals surface area contributed by atoms with Gasteiger partial charge in [0.2, 0.25) is 0 Å². The van der Waals surface area contributed by atoms with Gasteiger partial charge in [-0.3, -0.25) is 0 Å². The molecule has 0 spiro atoms. The topological polar surface area (TPSA) is 45.8 Å². The molecule has 4 nitrogen and oxygen atoms in total. The van der Waals surface area contributed by atoms with Crippen molar-refractivity contribution in [2.24, 2.45) is 0 Å². The Morgan fingerprint density at radius 3 is 2.04 bits per heavy atom. The summed E-state index contributed by atoms with van der Waals surface area (Å²) in [5, 5.41) is 6.71.